The molecule has 0 aliphatic carbocycles. The molecule has 1 saturated heterocycles. The quantitative estimate of drug-likeness (QED) is 0.659. The second-order valence-electron chi connectivity index (χ2n) is 4.72. The molecule has 0 bridgehead atoms. The first-order chi connectivity index (χ1) is 9.99. The average molecular weight is 296 g/mol. The number of morpholine rings is 1. The van der Waals surface area contributed by atoms with Gasteiger partial charge >= 0.3 is 5.97 Å². The number of carbonyl (C=O) groups excluding carboxylic acids is 2. The molecule has 1 unspecified atom stereocenters. The number of anilines is 1. The van der Waals surface area contributed by atoms with Crippen molar-refractivity contribution in [2.45, 2.75) is 13.0 Å². The van der Waals surface area contributed by atoms with Crippen molar-refractivity contribution in [2.24, 2.45) is 0 Å². The predicted octanol–water partition coefficient (Wildman–Crippen LogP) is 0.812. The van der Waals surface area contributed by atoms with Crippen LogP contribution in [0.25, 0.3) is 0 Å². The van der Waals surface area contributed by atoms with Gasteiger partial charge in [0.2, 0.25) is 0 Å². The Bertz CT molecular complexity index is 544. The van der Waals surface area contributed by atoms with E-state index in [-0.39, 0.29) is 17.2 Å². The van der Waals surface area contributed by atoms with Crippen LogP contribution in [0.1, 0.15) is 17.3 Å². The van der Waals surface area contributed by atoms with Crippen molar-refractivity contribution < 1.29 is 23.5 Å². The average Bonchev–Trinajstić information content (AvgIpc) is 2.49. The van der Waals surface area contributed by atoms with Crippen molar-refractivity contribution in [1.29, 1.82) is 0 Å². The fourth-order valence-corrected chi connectivity index (χ4v) is 2.01. The van der Waals surface area contributed by atoms with Crippen molar-refractivity contribution in [1.82, 2.24) is 4.90 Å². The lowest BCUT2D eigenvalue weighted by Gasteiger charge is -2.28. The highest BCUT2D eigenvalue weighted by atomic mass is 19.1. The minimum Gasteiger partial charge on any atom is -0.449 e. The van der Waals surface area contributed by atoms with Gasteiger partial charge < -0.3 is 20.1 Å². The number of nitrogens with two attached hydrogens (primary N) is 1. The zero-order valence-electron chi connectivity index (χ0n) is 11.7. The number of nitrogens with zero attached hydrogens (tertiary/aromatic N) is 1. The fourth-order valence-electron chi connectivity index (χ4n) is 2.01. The van der Waals surface area contributed by atoms with Crippen LogP contribution in [0.15, 0.2) is 18.2 Å². The van der Waals surface area contributed by atoms with Gasteiger partial charge in [-0.3, -0.25) is 4.79 Å². The van der Waals surface area contributed by atoms with Crippen LogP contribution in [0.3, 0.4) is 0 Å². The van der Waals surface area contributed by atoms with Gasteiger partial charge in [0.1, 0.15) is 5.82 Å². The molecule has 2 rings (SSSR count). The van der Waals surface area contributed by atoms with Crippen LogP contribution in [0.2, 0.25) is 0 Å². The summed E-state index contributed by atoms with van der Waals surface area (Å²) in [6.07, 6.45) is -0.989. The molecule has 21 heavy (non-hydrogen) atoms. The normalized spacial score (nSPS) is 16.4. The second-order valence-corrected chi connectivity index (χ2v) is 4.72. The Morgan fingerprint density at radius 3 is 2.71 bits per heavy atom. The van der Waals surface area contributed by atoms with E-state index in [0.717, 1.165) is 6.07 Å². The Morgan fingerprint density at radius 2 is 2.05 bits per heavy atom. The molecule has 0 spiro atoms. The van der Waals surface area contributed by atoms with Crippen LogP contribution in [-0.4, -0.2) is 49.2 Å². The molecule has 1 aliphatic rings. The van der Waals surface area contributed by atoms with Gasteiger partial charge in [-0.2, -0.15) is 0 Å². The summed E-state index contributed by atoms with van der Waals surface area (Å²) in [5.41, 5.74) is 5.47. The number of carbonyl (C=O) groups is 2. The number of benzene rings is 1. The highest BCUT2D eigenvalue weighted by molar-refractivity contribution is 5.93. The van der Waals surface area contributed by atoms with Crippen molar-refractivity contribution in [3.63, 3.8) is 0 Å². The summed E-state index contributed by atoms with van der Waals surface area (Å²) >= 11 is 0. The van der Waals surface area contributed by atoms with Gasteiger partial charge in [-0.25, -0.2) is 9.18 Å². The van der Waals surface area contributed by atoms with Gasteiger partial charge in [-0.15, -0.1) is 0 Å². The van der Waals surface area contributed by atoms with Crippen LogP contribution in [0.5, 0.6) is 0 Å². The Hall–Kier alpha value is -2.15. The molecule has 1 atom stereocenters. The van der Waals surface area contributed by atoms with Gasteiger partial charge in [0.25, 0.3) is 5.91 Å². The topological polar surface area (TPSA) is 81.9 Å². The molecule has 1 aliphatic heterocycles. The summed E-state index contributed by atoms with van der Waals surface area (Å²) in [6.45, 7) is 3.27. The van der Waals surface area contributed by atoms with E-state index in [1.165, 1.54) is 19.1 Å². The highest BCUT2D eigenvalue weighted by Crippen LogP contribution is 2.15. The predicted molar refractivity (Wildman–Crippen MR) is 73.1 cm³/mol. The molecule has 1 amide bonds. The molecule has 1 heterocycles. The number of hydrogen-bond acceptors (Lipinski definition) is 5. The van der Waals surface area contributed by atoms with Crippen molar-refractivity contribution in [2.75, 3.05) is 32.0 Å². The number of halogens is 1. The van der Waals surface area contributed by atoms with E-state index in [1.807, 2.05) is 0 Å². The maximum absolute atomic E-state index is 13.6. The summed E-state index contributed by atoms with van der Waals surface area (Å²) in [5.74, 6) is -1.97. The van der Waals surface area contributed by atoms with Crippen molar-refractivity contribution in [3.8, 4) is 0 Å². The fraction of sp³-hybridized carbons (Fsp3) is 0.429. The lowest BCUT2D eigenvalue weighted by atomic mass is 10.2. The molecule has 1 fully saturated rings. The molecule has 0 radical (unpaired) electrons. The smallest absolute Gasteiger partial charge is 0.341 e. The van der Waals surface area contributed by atoms with Crippen LogP contribution in [0, 0.1) is 5.82 Å². The van der Waals surface area contributed by atoms with Crippen LogP contribution >= 0.6 is 0 Å². The third-order valence-corrected chi connectivity index (χ3v) is 3.16. The first-order valence-electron chi connectivity index (χ1n) is 6.61. The van der Waals surface area contributed by atoms with Crippen molar-refractivity contribution >= 4 is 17.6 Å². The van der Waals surface area contributed by atoms with E-state index in [4.69, 9.17) is 15.2 Å². The molecule has 7 heteroatoms. The molecule has 0 saturated carbocycles. The number of esters is 1. The van der Waals surface area contributed by atoms with E-state index in [9.17, 15) is 14.0 Å². The molecule has 1 aromatic carbocycles. The Labute approximate surface area is 121 Å². The van der Waals surface area contributed by atoms with Crippen LogP contribution in [-0.2, 0) is 14.3 Å². The molecular weight excluding hydrogens is 279 g/mol. The van der Waals surface area contributed by atoms with E-state index >= 15 is 0 Å². The summed E-state index contributed by atoms with van der Waals surface area (Å²) in [6, 6.07) is 3.61. The van der Waals surface area contributed by atoms with E-state index in [1.54, 1.807) is 4.90 Å². The van der Waals surface area contributed by atoms with Crippen LogP contribution in [0.4, 0.5) is 10.1 Å². The highest BCUT2D eigenvalue weighted by Gasteiger charge is 2.26. The SMILES string of the molecule is CC(OC(=O)c1cc(N)ccc1F)C(=O)N1CCOCC1. The third-order valence-electron chi connectivity index (χ3n) is 3.16. The number of amides is 1. The Balaban J connectivity index is 2.01. The molecule has 2 N–H and O–H groups in total. The summed E-state index contributed by atoms with van der Waals surface area (Å²) in [5, 5.41) is 0. The molecule has 6 nitrogen and oxygen atoms in total. The monoisotopic (exact) mass is 296 g/mol. The molecule has 114 valence electrons. The third kappa shape index (κ3) is 3.69. The number of rotatable bonds is 3. The first kappa shape index (κ1) is 15.2. The molecule has 0 aromatic heterocycles. The van der Waals surface area contributed by atoms with Crippen molar-refractivity contribution in [3.05, 3.63) is 29.6 Å². The van der Waals surface area contributed by atoms with Gasteiger partial charge in [-0.1, -0.05) is 0 Å². The zero-order valence-corrected chi connectivity index (χ0v) is 11.7. The van der Waals surface area contributed by atoms with Crippen LogP contribution < -0.4 is 5.73 Å². The number of ether oxygens (including phenoxy) is 2. The number of nitrogen functional groups attached to an aromatic ring is 1. The summed E-state index contributed by atoms with van der Waals surface area (Å²) in [7, 11) is 0. The minimum atomic E-state index is -0.989. The van der Waals surface area contributed by atoms with E-state index in [2.05, 4.69) is 0 Å². The zero-order chi connectivity index (χ0) is 15.4. The maximum atomic E-state index is 13.6. The Kier molecular flexibility index (Phi) is 4.74. The van der Waals surface area contributed by atoms with E-state index < -0.39 is 17.9 Å². The lowest BCUT2D eigenvalue weighted by molar-refractivity contribution is -0.143. The lowest BCUT2D eigenvalue weighted by Crippen LogP contribution is -2.46. The largest absolute Gasteiger partial charge is 0.449 e. The van der Waals surface area contributed by atoms with Gasteiger partial charge in [-0.05, 0) is 25.1 Å². The van der Waals surface area contributed by atoms with Gasteiger partial charge in [0.05, 0.1) is 18.8 Å². The van der Waals surface area contributed by atoms with E-state index in [0.29, 0.717) is 26.3 Å². The minimum absolute atomic E-state index is 0.246. The number of hydrogen-bond donors (Lipinski definition) is 1. The maximum Gasteiger partial charge on any atom is 0.341 e. The first-order valence-corrected chi connectivity index (χ1v) is 6.61. The second kappa shape index (κ2) is 6.53. The van der Waals surface area contributed by atoms with Gasteiger partial charge in [0.15, 0.2) is 6.10 Å². The summed E-state index contributed by atoms with van der Waals surface area (Å²) in [4.78, 5) is 25.5. The Morgan fingerprint density at radius 1 is 1.38 bits per heavy atom. The summed E-state index contributed by atoms with van der Waals surface area (Å²) < 4.78 is 23.7. The molecule has 1 aromatic rings. The standard InChI is InChI=1S/C14H17FN2O4/c1-9(13(18)17-4-6-20-7-5-17)21-14(19)11-8-10(16)2-3-12(11)15/h2-3,8-9H,4-7,16H2,1H3. The molecular formula is C14H17FN2O4. The van der Waals surface area contributed by atoms with Gasteiger partial charge in [0, 0.05) is 18.8 Å².